The van der Waals surface area contributed by atoms with E-state index >= 15 is 0 Å². The molecule has 5 rings (SSSR count). The molecule has 1 atom stereocenters. The van der Waals surface area contributed by atoms with Crippen molar-refractivity contribution in [3.05, 3.63) is 42.0 Å². The number of rotatable bonds is 7. The molecule has 13 heteroatoms. The summed E-state index contributed by atoms with van der Waals surface area (Å²) in [6.07, 6.45) is 3.16. The number of nitrogens with zero attached hydrogens (tertiary/aromatic N) is 3. The second-order valence-corrected chi connectivity index (χ2v) is 13.4. The van der Waals surface area contributed by atoms with Crippen LogP contribution in [0, 0.1) is 5.92 Å². The number of aromatic nitrogens is 2. The number of anilines is 1. The highest BCUT2D eigenvalue weighted by Gasteiger charge is 2.34. The van der Waals surface area contributed by atoms with Crippen molar-refractivity contribution in [2.75, 3.05) is 31.3 Å². The standard InChI is InChI=1S/C24H24N4O5S4/c1-3-33-22(30)15-5-4-12-28(13-15)37(31,32)16-8-6-14(7-9-16)21(29)27-23-25-17-10-11-18-20(19(17)35-23)36-24(26-18)34-2/h6-11,15H,3-5,12-13H2,1-2H3,(H,25,27,29). The van der Waals surface area contributed by atoms with E-state index in [0.717, 1.165) is 24.8 Å². The minimum Gasteiger partial charge on any atom is -0.466 e. The first-order chi connectivity index (χ1) is 17.8. The molecule has 0 aliphatic carbocycles. The third-order valence-electron chi connectivity index (χ3n) is 6.05. The highest BCUT2D eigenvalue weighted by molar-refractivity contribution is 8.00. The summed E-state index contributed by atoms with van der Waals surface area (Å²) in [5, 5.41) is 3.28. The summed E-state index contributed by atoms with van der Waals surface area (Å²) in [5.41, 5.74) is 2.00. The number of thioether (sulfide) groups is 1. The molecule has 37 heavy (non-hydrogen) atoms. The maximum atomic E-state index is 13.2. The van der Waals surface area contributed by atoms with Gasteiger partial charge in [0.1, 0.15) is 0 Å². The number of carbonyl (C=O) groups is 2. The van der Waals surface area contributed by atoms with Gasteiger partial charge in [-0.3, -0.25) is 14.9 Å². The molecule has 194 valence electrons. The minimum atomic E-state index is -3.81. The molecule has 4 aromatic rings. The number of esters is 1. The van der Waals surface area contributed by atoms with Crippen molar-refractivity contribution in [2.24, 2.45) is 5.92 Å². The van der Waals surface area contributed by atoms with Crippen molar-refractivity contribution in [1.29, 1.82) is 0 Å². The smallest absolute Gasteiger partial charge is 0.310 e. The first-order valence-corrected chi connectivity index (χ1v) is 15.9. The van der Waals surface area contributed by atoms with E-state index in [1.807, 2.05) is 18.4 Å². The van der Waals surface area contributed by atoms with Gasteiger partial charge in [0.15, 0.2) is 9.47 Å². The molecule has 1 aliphatic rings. The topological polar surface area (TPSA) is 119 Å². The van der Waals surface area contributed by atoms with Crippen molar-refractivity contribution in [3.63, 3.8) is 0 Å². The normalized spacial score (nSPS) is 16.8. The van der Waals surface area contributed by atoms with Crippen LogP contribution in [0.25, 0.3) is 20.4 Å². The fourth-order valence-corrected chi connectivity index (χ4v) is 8.38. The predicted octanol–water partition coefficient (Wildman–Crippen LogP) is 4.84. The van der Waals surface area contributed by atoms with Crippen molar-refractivity contribution >= 4 is 81.9 Å². The van der Waals surface area contributed by atoms with Gasteiger partial charge < -0.3 is 4.74 Å². The quantitative estimate of drug-likeness (QED) is 0.245. The van der Waals surface area contributed by atoms with Crippen molar-refractivity contribution in [2.45, 2.75) is 29.0 Å². The van der Waals surface area contributed by atoms with Crippen LogP contribution in [0.2, 0.25) is 0 Å². The summed E-state index contributed by atoms with van der Waals surface area (Å²) in [4.78, 5) is 34.2. The van der Waals surface area contributed by atoms with Crippen LogP contribution < -0.4 is 5.32 Å². The number of piperidine rings is 1. The van der Waals surface area contributed by atoms with Crippen molar-refractivity contribution < 1.29 is 22.7 Å². The fourth-order valence-electron chi connectivity index (χ4n) is 4.20. The zero-order valence-electron chi connectivity index (χ0n) is 20.1. The van der Waals surface area contributed by atoms with Gasteiger partial charge in [-0.2, -0.15) is 4.31 Å². The maximum Gasteiger partial charge on any atom is 0.310 e. The predicted molar refractivity (Wildman–Crippen MR) is 147 cm³/mol. The van der Waals surface area contributed by atoms with Crippen LogP contribution in [0.5, 0.6) is 0 Å². The lowest BCUT2D eigenvalue weighted by Crippen LogP contribution is -2.42. The lowest BCUT2D eigenvalue weighted by molar-refractivity contribution is -0.149. The Hall–Kier alpha value is -2.58. The molecule has 1 aliphatic heterocycles. The Morgan fingerprint density at radius 3 is 2.51 bits per heavy atom. The summed E-state index contributed by atoms with van der Waals surface area (Å²) in [7, 11) is -3.81. The monoisotopic (exact) mass is 576 g/mol. The Kier molecular flexibility index (Phi) is 7.50. The third-order valence-corrected chi connectivity index (χ3v) is 11.1. The average Bonchev–Trinajstić information content (AvgIpc) is 3.52. The van der Waals surface area contributed by atoms with Crippen LogP contribution in [0.1, 0.15) is 30.1 Å². The number of hydrogen-bond acceptors (Lipinski definition) is 10. The summed E-state index contributed by atoms with van der Waals surface area (Å²) in [6, 6.07) is 9.61. The fraction of sp³-hybridized carbons (Fsp3) is 0.333. The summed E-state index contributed by atoms with van der Waals surface area (Å²) in [6.45, 7) is 2.41. The number of ether oxygens (including phenoxy) is 1. The van der Waals surface area contributed by atoms with Gasteiger partial charge in [-0.05, 0) is 62.4 Å². The van der Waals surface area contributed by atoms with Gasteiger partial charge in [0.2, 0.25) is 10.0 Å². The van der Waals surface area contributed by atoms with E-state index in [9.17, 15) is 18.0 Å². The second-order valence-electron chi connectivity index (χ2n) is 8.40. The van der Waals surface area contributed by atoms with Crippen LogP contribution in [0.3, 0.4) is 0 Å². The van der Waals surface area contributed by atoms with E-state index in [2.05, 4.69) is 15.3 Å². The first kappa shape index (κ1) is 26.0. The molecule has 2 aromatic carbocycles. The van der Waals surface area contributed by atoms with Crippen LogP contribution >= 0.6 is 34.4 Å². The number of thiazole rings is 2. The molecule has 0 saturated carbocycles. The molecule has 2 aromatic heterocycles. The van der Waals surface area contributed by atoms with E-state index in [1.165, 1.54) is 39.9 Å². The first-order valence-electron chi connectivity index (χ1n) is 11.6. The SMILES string of the molecule is CCOC(=O)C1CCCN(S(=O)(=O)c2ccc(C(=O)Nc3nc4ccc5nc(SC)sc5c4s3)cc2)C1. The van der Waals surface area contributed by atoms with E-state index in [1.54, 1.807) is 30.0 Å². The number of hydrogen-bond donors (Lipinski definition) is 1. The lowest BCUT2D eigenvalue weighted by Gasteiger charge is -2.30. The summed E-state index contributed by atoms with van der Waals surface area (Å²) < 4.78 is 35.7. The molecule has 0 spiro atoms. The van der Waals surface area contributed by atoms with E-state index < -0.39 is 15.9 Å². The number of carbonyl (C=O) groups excluding carboxylic acids is 2. The number of benzene rings is 2. The highest BCUT2D eigenvalue weighted by atomic mass is 32.2. The van der Waals surface area contributed by atoms with Gasteiger partial charge in [-0.1, -0.05) is 23.1 Å². The third kappa shape index (κ3) is 5.23. The largest absolute Gasteiger partial charge is 0.466 e. The van der Waals surface area contributed by atoms with Crippen molar-refractivity contribution in [3.8, 4) is 0 Å². The molecular formula is C24H24N4O5S4. The Morgan fingerprint density at radius 1 is 1.11 bits per heavy atom. The van der Waals surface area contributed by atoms with Gasteiger partial charge in [-0.25, -0.2) is 18.4 Å². The van der Waals surface area contributed by atoms with Gasteiger partial charge >= 0.3 is 5.97 Å². The van der Waals surface area contributed by atoms with Crippen molar-refractivity contribution in [1.82, 2.24) is 14.3 Å². The number of fused-ring (bicyclic) bond motifs is 3. The molecule has 0 radical (unpaired) electrons. The Bertz CT molecular complexity index is 1580. The molecule has 1 unspecified atom stereocenters. The van der Waals surface area contributed by atoms with E-state index in [0.29, 0.717) is 30.1 Å². The molecule has 1 N–H and O–H groups in total. The number of amides is 1. The maximum absolute atomic E-state index is 13.2. The molecule has 1 amide bonds. The second kappa shape index (κ2) is 10.7. The molecule has 3 heterocycles. The highest BCUT2D eigenvalue weighted by Crippen LogP contribution is 2.38. The van der Waals surface area contributed by atoms with Gasteiger partial charge in [0.05, 0.1) is 37.9 Å². The molecular weight excluding hydrogens is 553 g/mol. The van der Waals surface area contributed by atoms with E-state index in [4.69, 9.17) is 4.74 Å². The Morgan fingerprint density at radius 2 is 1.81 bits per heavy atom. The van der Waals surface area contributed by atoms with Crippen LogP contribution in [0.15, 0.2) is 45.6 Å². The van der Waals surface area contributed by atoms with Crippen LogP contribution in [0.4, 0.5) is 5.13 Å². The number of sulfonamides is 1. The molecule has 1 saturated heterocycles. The summed E-state index contributed by atoms with van der Waals surface area (Å²) >= 11 is 4.57. The summed E-state index contributed by atoms with van der Waals surface area (Å²) in [5.74, 6) is -1.22. The lowest BCUT2D eigenvalue weighted by atomic mass is 10.0. The minimum absolute atomic E-state index is 0.0748. The molecule has 9 nitrogen and oxygen atoms in total. The Labute approximate surface area is 226 Å². The van der Waals surface area contributed by atoms with Crippen LogP contribution in [-0.2, 0) is 19.6 Å². The molecule has 0 bridgehead atoms. The van der Waals surface area contributed by atoms with Gasteiger partial charge in [0.25, 0.3) is 5.91 Å². The van der Waals surface area contributed by atoms with Crippen LogP contribution in [-0.4, -0.2) is 60.5 Å². The zero-order valence-corrected chi connectivity index (χ0v) is 23.4. The average molecular weight is 577 g/mol. The number of nitrogens with one attached hydrogen (secondary N) is 1. The van der Waals surface area contributed by atoms with Gasteiger partial charge in [0, 0.05) is 18.7 Å². The Balaban J connectivity index is 1.31. The van der Waals surface area contributed by atoms with Gasteiger partial charge in [-0.15, -0.1) is 11.3 Å². The zero-order chi connectivity index (χ0) is 26.2. The molecule has 1 fully saturated rings. The van der Waals surface area contributed by atoms with E-state index in [-0.39, 0.29) is 29.9 Å².